The zero-order valence-electron chi connectivity index (χ0n) is 15.8. The maximum atomic E-state index is 13.4. The van der Waals surface area contributed by atoms with Gasteiger partial charge in [-0.2, -0.15) is 0 Å². The summed E-state index contributed by atoms with van der Waals surface area (Å²) in [5.74, 6) is 0.531. The number of benzene rings is 1. The monoisotopic (exact) mass is 437 g/mol. The van der Waals surface area contributed by atoms with Crippen LogP contribution in [-0.4, -0.2) is 42.2 Å². The van der Waals surface area contributed by atoms with Crippen LogP contribution in [0.3, 0.4) is 0 Å². The Bertz CT molecular complexity index is 1030. The van der Waals surface area contributed by atoms with Gasteiger partial charge in [-0.1, -0.05) is 22.9 Å². The molecule has 1 aliphatic heterocycles. The Hall–Kier alpha value is -1.74. The molecule has 0 N–H and O–H groups in total. The molecule has 0 bridgehead atoms. The Balaban J connectivity index is 1.78. The summed E-state index contributed by atoms with van der Waals surface area (Å²) in [6, 6.07) is 3.57. The number of carbonyl (C=O) groups excluding carboxylic acids is 1. The number of methoxy groups -OCH3 is 1. The molecule has 1 saturated heterocycles. The summed E-state index contributed by atoms with van der Waals surface area (Å²) < 4.78 is 12.0. The lowest BCUT2D eigenvalue weighted by Gasteiger charge is -2.22. The van der Waals surface area contributed by atoms with Gasteiger partial charge in [-0.05, 0) is 38.8 Å². The number of aromatic nitrogens is 2. The smallest absolute Gasteiger partial charge is 0.272 e. The van der Waals surface area contributed by atoms with Crippen molar-refractivity contribution in [3.05, 3.63) is 32.7 Å². The van der Waals surface area contributed by atoms with Crippen LogP contribution in [0.15, 0.2) is 12.1 Å². The van der Waals surface area contributed by atoms with Crippen molar-refractivity contribution in [2.45, 2.75) is 32.8 Å². The number of aryl methyl sites for hydroxylation is 2. The van der Waals surface area contributed by atoms with Crippen molar-refractivity contribution in [1.82, 2.24) is 9.97 Å². The predicted octanol–water partition coefficient (Wildman–Crippen LogP) is 4.86. The lowest BCUT2D eigenvalue weighted by Crippen LogP contribution is -2.37. The normalized spacial score (nSPS) is 16.6. The first-order valence-electron chi connectivity index (χ1n) is 8.98. The quantitative estimate of drug-likeness (QED) is 0.570. The highest BCUT2D eigenvalue weighted by Gasteiger charge is 2.29. The van der Waals surface area contributed by atoms with Gasteiger partial charge in [0.15, 0.2) is 5.13 Å². The summed E-state index contributed by atoms with van der Waals surface area (Å²) >= 11 is 9.17. The Labute approximate surface area is 176 Å². The van der Waals surface area contributed by atoms with Gasteiger partial charge in [-0.3, -0.25) is 9.69 Å². The highest BCUT2D eigenvalue weighted by Crippen LogP contribution is 2.39. The van der Waals surface area contributed by atoms with E-state index in [9.17, 15) is 4.79 Å². The first kappa shape index (κ1) is 19.6. The van der Waals surface area contributed by atoms with Crippen molar-refractivity contribution in [3.8, 4) is 5.75 Å². The molecule has 28 heavy (non-hydrogen) atoms. The lowest BCUT2D eigenvalue weighted by molar-refractivity contribution is 0.0920. The van der Waals surface area contributed by atoms with E-state index in [1.54, 1.807) is 24.1 Å². The number of thiazole rings is 2. The molecule has 0 aliphatic carbocycles. The summed E-state index contributed by atoms with van der Waals surface area (Å²) in [4.78, 5) is 24.9. The number of ether oxygens (including phenoxy) is 2. The number of rotatable bonds is 5. The molecule has 148 valence electrons. The molecule has 1 fully saturated rings. The topological polar surface area (TPSA) is 64.6 Å². The summed E-state index contributed by atoms with van der Waals surface area (Å²) in [6.07, 6.45) is 1.94. The van der Waals surface area contributed by atoms with E-state index in [-0.39, 0.29) is 12.0 Å². The minimum Gasteiger partial charge on any atom is -0.494 e. The second-order valence-corrected chi connectivity index (χ2v) is 9.21. The average molecular weight is 438 g/mol. The number of amides is 1. The first-order chi connectivity index (χ1) is 13.5. The molecular weight excluding hydrogens is 418 g/mol. The molecule has 3 heterocycles. The van der Waals surface area contributed by atoms with Gasteiger partial charge in [-0.15, -0.1) is 11.3 Å². The van der Waals surface area contributed by atoms with Gasteiger partial charge in [0.25, 0.3) is 5.91 Å². The molecule has 3 aromatic rings. The van der Waals surface area contributed by atoms with Crippen LogP contribution in [0.4, 0.5) is 5.13 Å². The third-order valence-corrected chi connectivity index (χ3v) is 7.25. The number of carbonyl (C=O) groups is 1. The van der Waals surface area contributed by atoms with Gasteiger partial charge in [0, 0.05) is 6.61 Å². The van der Waals surface area contributed by atoms with Crippen LogP contribution in [0.25, 0.3) is 10.2 Å². The van der Waals surface area contributed by atoms with Gasteiger partial charge < -0.3 is 9.47 Å². The van der Waals surface area contributed by atoms with Crippen LogP contribution in [0.5, 0.6) is 5.75 Å². The van der Waals surface area contributed by atoms with E-state index in [2.05, 4.69) is 4.98 Å². The molecule has 6 nitrogen and oxygen atoms in total. The molecule has 4 rings (SSSR count). The minimum absolute atomic E-state index is 0.00246. The van der Waals surface area contributed by atoms with Gasteiger partial charge in [0.2, 0.25) is 0 Å². The molecule has 0 spiro atoms. The van der Waals surface area contributed by atoms with E-state index >= 15 is 0 Å². The fourth-order valence-corrected chi connectivity index (χ4v) is 5.45. The molecule has 1 aliphatic rings. The van der Waals surface area contributed by atoms with Crippen LogP contribution in [0.1, 0.15) is 33.2 Å². The standard InChI is InChI=1S/C19H20ClN3O3S2/c1-10-16(27-11(2)21-10)18(24)23(9-12-5-4-8-26-12)19-22-15-14(25-3)7-6-13(20)17(15)28-19/h6-7,12H,4-5,8-9H2,1-3H3. The maximum Gasteiger partial charge on any atom is 0.272 e. The zero-order valence-corrected chi connectivity index (χ0v) is 18.2. The fourth-order valence-electron chi connectivity index (χ4n) is 3.31. The van der Waals surface area contributed by atoms with Crippen molar-refractivity contribution in [1.29, 1.82) is 0 Å². The van der Waals surface area contributed by atoms with Gasteiger partial charge >= 0.3 is 0 Å². The first-order valence-corrected chi connectivity index (χ1v) is 11.0. The summed E-state index contributed by atoms with van der Waals surface area (Å²) in [5, 5.41) is 2.05. The van der Waals surface area contributed by atoms with Crippen molar-refractivity contribution in [2.75, 3.05) is 25.2 Å². The molecule has 9 heteroatoms. The Kier molecular flexibility index (Phi) is 5.55. The van der Waals surface area contributed by atoms with Crippen molar-refractivity contribution in [3.63, 3.8) is 0 Å². The second-order valence-electron chi connectivity index (χ2n) is 6.62. The minimum atomic E-state index is -0.104. The van der Waals surface area contributed by atoms with E-state index in [1.165, 1.54) is 22.7 Å². The van der Waals surface area contributed by atoms with Gasteiger partial charge in [0.1, 0.15) is 16.1 Å². The molecule has 1 aromatic carbocycles. The number of anilines is 1. The van der Waals surface area contributed by atoms with Crippen molar-refractivity contribution in [2.24, 2.45) is 0 Å². The Morgan fingerprint density at radius 2 is 2.18 bits per heavy atom. The van der Waals surface area contributed by atoms with Crippen LogP contribution in [0, 0.1) is 13.8 Å². The Morgan fingerprint density at radius 3 is 2.82 bits per heavy atom. The summed E-state index contributed by atoms with van der Waals surface area (Å²) in [5.41, 5.74) is 1.40. The van der Waals surface area contributed by atoms with E-state index in [0.717, 1.165) is 34.8 Å². The van der Waals surface area contributed by atoms with Crippen LogP contribution < -0.4 is 9.64 Å². The molecule has 1 unspecified atom stereocenters. The van der Waals surface area contributed by atoms with E-state index < -0.39 is 0 Å². The third kappa shape index (κ3) is 3.61. The van der Waals surface area contributed by atoms with Crippen LogP contribution in [-0.2, 0) is 4.74 Å². The highest BCUT2D eigenvalue weighted by atomic mass is 35.5. The van der Waals surface area contributed by atoms with E-state index in [1.807, 2.05) is 13.8 Å². The van der Waals surface area contributed by atoms with Crippen LogP contribution in [0.2, 0.25) is 5.02 Å². The summed E-state index contributed by atoms with van der Waals surface area (Å²) in [7, 11) is 1.60. The molecule has 1 amide bonds. The van der Waals surface area contributed by atoms with E-state index in [0.29, 0.717) is 32.8 Å². The number of hydrogen-bond donors (Lipinski definition) is 0. The van der Waals surface area contributed by atoms with Gasteiger partial charge in [0.05, 0.1) is 40.2 Å². The van der Waals surface area contributed by atoms with E-state index in [4.69, 9.17) is 26.1 Å². The Morgan fingerprint density at radius 1 is 1.36 bits per heavy atom. The molecule has 2 aromatic heterocycles. The third-order valence-electron chi connectivity index (χ3n) is 4.65. The van der Waals surface area contributed by atoms with Crippen molar-refractivity contribution >= 4 is 55.5 Å². The average Bonchev–Trinajstić information content (AvgIpc) is 3.39. The maximum absolute atomic E-state index is 13.4. The van der Waals surface area contributed by atoms with Gasteiger partial charge in [-0.25, -0.2) is 9.97 Å². The molecule has 1 atom stereocenters. The predicted molar refractivity (Wildman–Crippen MR) is 113 cm³/mol. The SMILES string of the molecule is COc1ccc(Cl)c2sc(N(CC3CCCO3)C(=O)c3sc(C)nc3C)nc12. The summed E-state index contributed by atoms with van der Waals surface area (Å²) in [6.45, 7) is 4.94. The lowest BCUT2D eigenvalue weighted by atomic mass is 10.2. The highest BCUT2D eigenvalue weighted by molar-refractivity contribution is 7.23. The second kappa shape index (κ2) is 7.94. The van der Waals surface area contributed by atoms with Crippen LogP contribution >= 0.6 is 34.3 Å². The number of nitrogens with zero attached hydrogens (tertiary/aromatic N) is 3. The van der Waals surface area contributed by atoms with Crippen molar-refractivity contribution < 1.29 is 14.3 Å². The molecular formula is C19H20ClN3O3S2. The zero-order chi connectivity index (χ0) is 19.8. The number of halogens is 1. The largest absolute Gasteiger partial charge is 0.494 e. The number of fused-ring (bicyclic) bond motifs is 1. The molecule has 0 radical (unpaired) electrons. The number of hydrogen-bond acceptors (Lipinski definition) is 7. The fraction of sp³-hybridized carbons (Fsp3) is 0.421. The molecule has 0 saturated carbocycles.